The Kier molecular flexibility index (Phi) is 1.74. The zero-order valence-electron chi connectivity index (χ0n) is 8.12. The predicted octanol–water partition coefficient (Wildman–Crippen LogP) is 1.10. The summed E-state index contributed by atoms with van der Waals surface area (Å²) in [7, 11) is 0. The summed E-state index contributed by atoms with van der Waals surface area (Å²) >= 11 is 0. The zero-order chi connectivity index (χ0) is 9.43. The SMILES string of the molecule is c1cnc2c(c1)OCC21CCNCC1. The van der Waals surface area contributed by atoms with E-state index in [0.29, 0.717) is 0 Å². The van der Waals surface area contributed by atoms with Gasteiger partial charge in [0.25, 0.3) is 0 Å². The summed E-state index contributed by atoms with van der Waals surface area (Å²) in [6.07, 6.45) is 4.17. The van der Waals surface area contributed by atoms with Crippen LogP contribution in [0, 0.1) is 0 Å². The number of piperidine rings is 1. The van der Waals surface area contributed by atoms with E-state index in [1.54, 1.807) is 0 Å². The molecule has 0 aliphatic carbocycles. The normalized spacial score (nSPS) is 23.1. The van der Waals surface area contributed by atoms with Gasteiger partial charge in [0.05, 0.1) is 17.7 Å². The van der Waals surface area contributed by atoms with Crippen LogP contribution in [0.4, 0.5) is 0 Å². The Labute approximate surface area is 83.5 Å². The van der Waals surface area contributed by atoms with E-state index in [4.69, 9.17) is 4.74 Å². The quantitative estimate of drug-likeness (QED) is 0.665. The molecule has 3 nitrogen and oxygen atoms in total. The Morgan fingerprint density at radius 3 is 3.07 bits per heavy atom. The van der Waals surface area contributed by atoms with Crippen LogP contribution in [-0.2, 0) is 5.41 Å². The van der Waals surface area contributed by atoms with E-state index in [2.05, 4.69) is 10.3 Å². The smallest absolute Gasteiger partial charge is 0.141 e. The van der Waals surface area contributed by atoms with Crippen molar-refractivity contribution < 1.29 is 4.74 Å². The molecule has 1 aromatic rings. The molecule has 0 unspecified atom stereocenters. The van der Waals surface area contributed by atoms with Crippen LogP contribution in [0.5, 0.6) is 5.75 Å². The molecule has 1 fully saturated rings. The van der Waals surface area contributed by atoms with Gasteiger partial charge in [-0.1, -0.05) is 0 Å². The lowest BCUT2D eigenvalue weighted by molar-refractivity contribution is 0.218. The van der Waals surface area contributed by atoms with Crippen LogP contribution in [0.1, 0.15) is 18.5 Å². The first-order chi connectivity index (χ1) is 6.91. The molecule has 2 aliphatic rings. The Morgan fingerprint density at radius 2 is 2.21 bits per heavy atom. The summed E-state index contributed by atoms with van der Waals surface area (Å²) in [5, 5.41) is 3.38. The highest BCUT2D eigenvalue weighted by atomic mass is 16.5. The second-order valence-corrected chi connectivity index (χ2v) is 4.17. The number of ether oxygens (including phenoxy) is 1. The highest BCUT2D eigenvalue weighted by molar-refractivity contribution is 5.38. The number of rotatable bonds is 0. The molecule has 3 heterocycles. The Balaban J connectivity index is 2.03. The van der Waals surface area contributed by atoms with Crippen LogP contribution in [-0.4, -0.2) is 24.7 Å². The van der Waals surface area contributed by atoms with Gasteiger partial charge in [-0.25, -0.2) is 0 Å². The molecule has 1 saturated heterocycles. The van der Waals surface area contributed by atoms with Gasteiger partial charge in [0.2, 0.25) is 0 Å². The molecule has 1 N–H and O–H groups in total. The lowest BCUT2D eigenvalue weighted by Crippen LogP contribution is -2.41. The van der Waals surface area contributed by atoms with E-state index in [1.807, 2.05) is 18.3 Å². The second kappa shape index (κ2) is 2.95. The van der Waals surface area contributed by atoms with E-state index in [9.17, 15) is 0 Å². The van der Waals surface area contributed by atoms with Crippen LogP contribution in [0.2, 0.25) is 0 Å². The molecule has 74 valence electrons. The number of hydrogen-bond acceptors (Lipinski definition) is 3. The largest absolute Gasteiger partial charge is 0.491 e. The van der Waals surface area contributed by atoms with Crippen molar-refractivity contribution in [1.82, 2.24) is 10.3 Å². The second-order valence-electron chi connectivity index (χ2n) is 4.17. The fourth-order valence-corrected chi connectivity index (χ4v) is 2.48. The molecule has 0 amide bonds. The number of pyridine rings is 1. The van der Waals surface area contributed by atoms with Gasteiger partial charge >= 0.3 is 0 Å². The van der Waals surface area contributed by atoms with Crippen molar-refractivity contribution in [3.05, 3.63) is 24.0 Å². The molecule has 3 rings (SSSR count). The minimum atomic E-state index is 0.210. The third-order valence-electron chi connectivity index (χ3n) is 3.34. The van der Waals surface area contributed by atoms with Gasteiger partial charge in [0.15, 0.2) is 0 Å². The highest BCUT2D eigenvalue weighted by Gasteiger charge is 2.42. The number of fused-ring (bicyclic) bond motifs is 2. The monoisotopic (exact) mass is 190 g/mol. The van der Waals surface area contributed by atoms with Crippen LogP contribution < -0.4 is 10.1 Å². The Bertz CT molecular complexity index is 339. The van der Waals surface area contributed by atoms with Gasteiger partial charge in [0, 0.05) is 6.20 Å². The summed E-state index contributed by atoms with van der Waals surface area (Å²) in [4.78, 5) is 4.48. The molecule has 3 heteroatoms. The number of aromatic nitrogens is 1. The Hall–Kier alpha value is -1.09. The molecular weight excluding hydrogens is 176 g/mol. The van der Waals surface area contributed by atoms with Crippen LogP contribution in [0.3, 0.4) is 0 Å². The van der Waals surface area contributed by atoms with Crippen LogP contribution in [0.25, 0.3) is 0 Å². The van der Waals surface area contributed by atoms with E-state index in [0.717, 1.165) is 38.3 Å². The Morgan fingerprint density at radius 1 is 1.36 bits per heavy atom. The van der Waals surface area contributed by atoms with Gasteiger partial charge in [-0.15, -0.1) is 0 Å². The summed E-state index contributed by atoms with van der Waals surface area (Å²) in [6.45, 7) is 2.99. The summed E-state index contributed by atoms with van der Waals surface area (Å²) in [5.41, 5.74) is 1.39. The molecule has 1 spiro atoms. The first kappa shape index (κ1) is 8.24. The average Bonchev–Trinajstić information content (AvgIpc) is 2.60. The first-order valence-corrected chi connectivity index (χ1v) is 5.20. The lowest BCUT2D eigenvalue weighted by Gasteiger charge is -2.31. The summed E-state index contributed by atoms with van der Waals surface area (Å²) < 4.78 is 5.70. The highest BCUT2D eigenvalue weighted by Crippen LogP contribution is 2.42. The van der Waals surface area contributed by atoms with Gasteiger partial charge in [-0.05, 0) is 38.1 Å². The first-order valence-electron chi connectivity index (χ1n) is 5.20. The maximum atomic E-state index is 5.70. The third kappa shape index (κ3) is 1.05. The summed E-state index contributed by atoms with van der Waals surface area (Å²) in [5.74, 6) is 0.995. The molecule has 0 bridgehead atoms. The van der Waals surface area contributed by atoms with Crippen LogP contribution in [0.15, 0.2) is 18.3 Å². The van der Waals surface area contributed by atoms with Gasteiger partial charge in [-0.2, -0.15) is 0 Å². The topological polar surface area (TPSA) is 34.1 Å². The molecule has 1 aromatic heterocycles. The fraction of sp³-hybridized carbons (Fsp3) is 0.545. The van der Waals surface area contributed by atoms with Crippen molar-refractivity contribution in [3.63, 3.8) is 0 Å². The molecule has 0 aromatic carbocycles. The minimum absolute atomic E-state index is 0.210. The van der Waals surface area contributed by atoms with Crippen molar-refractivity contribution in [1.29, 1.82) is 0 Å². The minimum Gasteiger partial charge on any atom is -0.491 e. The van der Waals surface area contributed by atoms with Crippen LogP contribution >= 0.6 is 0 Å². The van der Waals surface area contributed by atoms with Crippen molar-refractivity contribution in [2.24, 2.45) is 0 Å². The molecular formula is C11H14N2O. The van der Waals surface area contributed by atoms with Gasteiger partial charge in [-0.3, -0.25) is 4.98 Å². The molecule has 2 aliphatic heterocycles. The number of hydrogen-bond donors (Lipinski definition) is 1. The van der Waals surface area contributed by atoms with E-state index < -0.39 is 0 Å². The summed E-state index contributed by atoms with van der Waals surface area (Å²) in [6, 6.07) is 3.97. The molecule has 14 heavy (non-hydrogen) atoms. The third-order valence-corrected chi connectivity index (χ3v) is 3.34. The number of nitrogens with one attached hydrogen (secondary N) is 1. The van der Waals surface area contributed by atoms with Gasteiger partial charge < -0.3 is 10.1 Å². The fourth-order valence-electron chi connectivity index (χ4n) is 2.48. The average molecular weight is 190 g/mol. The van der Waals surface area contributed by atoms with E-state index in [1.165, 1.54) is 5.69 Å². The van der Waals surface area contributed by atoms with E-state index >= 15 is 0 Å². The number of nitrogens with zero attached hydrogens (tertiary/aromatic N) is 1. The van der Waals surface area contributed by atoms with E-state index in [-0.39, 0.29) is 5.41 Å². The van der Waals surface area contributed by atoms with Crippen molar-refractivity contribution in [2.45, 2.75) is 18.3 Å². The van der Waals surface area contributed by atoms with Crippen molar-refractivity contribution in [2.75, 3.05) is 19.7 Å². The standard InChI is InChI=1S/C11H14N2O/c1-2-9-10(13-5-1)11(8-14-9)3-6-12-7-4-11/h1-2,5,12H,3-4,6-8H2. The zero-order valence-corrected chi connectivity index (χ0v) is 8.12. The molecule has 0 saturated carbocycles. The predicted molar refractivity (Wildman–Crippen MR) is 53.5 cm³/mol. The van der Waals surface area contributed by atoms with Crippen molar-refractivity contribution >= 4 is 0 Å². The van der Waals surface area contributed by atoms with Crippen molar-refractivity contribution in [3.8, 4) is 5.75 Å². The molecule has 0 atom stereocenters. The maximum absolute atomic E-state index is 5.70. The lowest BCUT2D eigenvalue weighted by atomic mass is 9.77. The molecule has 0 radical (unpaired) electrons. The maximum Gasteiger partial charge on any atom is 0.141 e. The van der Waals surface area contributed by atoms with Gasteiger partial charge in [0.1, 0.15) is 5.75 Å².